The third-order valence-corrected chi connectivity index (χ3v) is 6.74. The fraction of sp³-hybridized carbons (Fsp3) is 0.280. The summed E-state index contributed by atoms with van der Waals surface area (Å²) in [4.78, 5) is 30.9. The first-order valence-electron chi connectivity index (χ1n) is 11.5. The highest BCUT2D eigenvalue weighted by Gasteiger charge is 2.19. The van der Waals surface area contributed by atoms with E-state index in [0.717, 1.165) is 34.0 Å². The van der Waals surface area contributed by atoms with Crippen molar-refractivity contribution in [1.82, 2.24) is 4.98 Å². The van der Waals surface area contributed by atoms with Crippen molar-refractivity contribution in [1.29, 1.82) is 0 Å². The predicted molar refractivity (Wildman–Crippen MR) is 139 cm³/mol. The van der Waals surface area contributed by atoms with E-state index in [0.29, 0.717) is 24.0 Å². The van der Waals surface area contributed by atoms with Crippen LogP contribution in [0.4, 0.5) is 5.69 Å². The maximum Gasteiger partial charge on any atom is 0.362 e. The summed E-state index contributed by atoms with van der Waals surface area (Å²) in [6.07, 6.45) is 3.89. The van der Waals surface area contributed by atoms with Crippen LogP contribution < -0.4 is 15.1 Å². The van der Waals surface area contributed by atoms with Gasteiger partial charge in [0.1, 0.15) is 23.8 Å². The zero-order valence-corrected chi connectivity index (χ0v) is 20.4. The molecule has 0 N–H and O–H groups in total. The number of esters is 1. The Hall–Kier alpha value is -3.46. The van der Waals surface area contributed by atoms with Crippen molar-refractivity contribution in [3.63, 3.8) is 0 Å². The Labute approximate surface area is 202 Å². The minimum Gasteiger partial charge on any atom is -0.459 e. The molecule has 0 unspecified atom stereocenters. The van der Waals surface area contributed by atoms with Crippen molar-refractivity contribution in [2.45, 2.75) is 26.7 Å². The average molecular weight is 476 g/mol. The fourth-order valence-corrected chi connectivity index (χ4v) is 4.90. The zero-order valence-electron chi connectivity index (χ0n) is 19.6. The van der Waals surface area contributed by atoms with Gasteiger partial charge in [-0.05, 0) is 38.1 Å². The lowest BCUT2D eigenvalue weighted by Crippen LogP contribution is -2.37. The van der Waals surface area contributed by atoms with E-state index in [1.165, 1.54) is 0 Å². The molecule has 34 heavy (non-hydrogen) atoms. The number of nitrogens with zero attached hydrogens (tertiary/aromatic N) is 3. The van der Waals surface area contributed by atoms with E-state index < -0.39 is 5.63 Å². The van der Waals surface area contributed by atoms with E-state index in [1.54, 1.807) is 25.3 Å². The number of carbonyl (C=O) groups is 1. The van der Waals surface area contributed by atoms with Gasteiger partial charge in [0.05, 0.1) is 0 Å². The topological polar surface area (TPSA) is 76.5 Å². The van der Waals surface area contributed by atoms with Gasteiger partial charge in [0.2, 0.25) is 5.52 Å². The van der Waals surface area contributed by atoms with Gasteiger partial charge in [0, 0.05) is 43.3 Å². The van der Waals surface area contributed by atoms with Gasteiger partial charge in [-0.3, -0.25) is 4.79 Å². The molecule has 0 aliphatic heterocycles. The third-order valence-electron chi connectivity index (χ3n) is 5.61. The van der Waals surface area contributed by atoms with E-state index in [9.17, 15) is 9.59 Å². The monoisotopic (exact) mass is 476 g/mol. The molecule has 0 spiro atoms. The minimum atomic E-state index is -0.481. The molecule has 0 amide bonds. The van der Waals surface area contributed by atoms with Gasteiger partial charge in [-0.1, -0.05) is 23.5 Å². The van der Waals surface area contributed by atoms with Crippen LogP contribution in [-0.4, -0.2) is 38.5 Å². The number of ether oxygens (including phenoxy) is 1. The number of rotatable bonds is 9. The molecule has 0 fully saturated rings. The standard InChI is InChI=1S/C25H27BN3O4S/c1-3-28(4-2)17-9-10-18-21(15-17)33-25(31)19(27-18)11-12-23-29(13-14-32-24(30)16-26)20-7-5-6-8-22(20)34-23/h5-12,15H,3-4,13-14,16,26H2,1-2H3/q+1. The smallest absolute Gasteiger partial charge is 0.362 e. The molecule has 0 saturated heterocycles. The summed E-state index contributed by atoms with van der Waals surface area (Å²) in [6, 6.07) is 13.8. The Morgan fingerprint density at radius 1 is 1.21 bits per heavy atom. The summed E-state index contributed by atoms with van der Waals surface area (Å²) in [5.41, 5.74) is 2.91. The van der Waals surface area contributed by atoms with Crippen molar-refractivity contribution < 1.29 is 18.5 Å². The van der Waals surface area contributed by atoms with Crippen molar-refractivity contribution in [3.8, 4) is 0 Å². The van der Waals surface area contributed by atoms with Crippen molar-refractivity contribution in [2.75, 3.05) is 24.6 Å². The number of para-hydroxylation sites is 1. The lowest BCUT2D eigenvalue weighted by Gasteiger charge is -2.20. The van der Waals surface area contributed by atoms with E-state index >= 15 is 0 Å². The Morgan fingerprint density at radius 2 is 2.00 bits per heavy atom. The van der Waals surface area contributed by atoms with Gasteiger partial charge in [-0.15, -0.1) is 0 Å². The molecule has 0 atom stereocenters. The second-order valence-electron chi connectivity index (χ2n) is 7.68. The van der Waals surface area contributed by atoms with Gasteiger partial charge in [-0.2, -0.15) is 4.57 Å². The first-order valence-corrected chi connectivity index (χ1v) is 12.3. The molecule has 9 heteroatoms. The normalized spacial score (nSPS) is 11.5. The molecule has 2 aromatic heterocycles. The van der Waals surface area contributed by atoms with Crippen molar-refractivity contribution in [3.05, 3.63) is 63.6 Å². The molecule has 2 heterocycles. The molecular weight excluding hydrogens is 449 g/mol. The average Bonchev–Trinajstić information content (AvgIpc) is 3.20. The SMILES string of the molecule is BCC(=O)OCC[n+]1c(/C=C/c2nc3ccc(N(CC)CC)cc3oc2=O)sc2ccccc21. The number of hydrogen-bond acceptors (Lipinski definition) is 7. The highest BCUT2D eigenvalue weighted by molar-refractivity contribution is 7.18. The van der Waals surface area contributed by atoms with Crippen molar-refractivity contribution >= 4 is 64.3 Å². The summed E-state index contributed by atoms with van der Waals surface area (Å²) in [5.74, 6) is -0.223. The first-order chi connectivity index (χ1) is 16.5. The van der Waals surface area contributed by atoms with Crippen LogP contribution in [0.25, 0.3) is 33.5 Å². The van der Waals surface area contributed by atoms with Gasteiger partial charge in [-0.25, -0.2) is 9.78 Å². The largest absolute Gasteiger partial charge is 0.459 e. The maximum absolute atomic E-state index is 12.7. The predicted octanol–water partition coefficient (Wildman–Crippen LogP) is 3.30. The molecule has 4 aromatic rings. The third kappa shape index (κ3) is 5.04. The molecule has 0 radical (unpaired) electrons. The number of thiazole rings is 1. The molecule has 2 aromatic carbocycles. The van der Waals surface area contributed by atoms with Crippen LogP contribution in [-0.2, 0) is 16.1 Å². The number of fused-ring (bicyclic) bond motifs is 2. The van der Waals surface area contributed by atoms with Crippen LogP contribution >= 0.6 is 11.3 Å². The Balaban J connectivity index is 1.65. The van der Waals surface area contributed by atoms with E-state index in [-0.39, 0.29) is 18.3 Å². The van der Waals surface area contributed by atoms with Crippen LogP contribution in [0.5, 0.6) is 0 Å². The van der Waals surface area contributed by atoms with Gasteiger partial charge >= 0.3 is 5.63 Å². The molecule has 0 aliphatic carbocycles. The van der Waals surface area contributed by atoms with Crippen LogP contribution in [0.2, 0.25) is 6.32 Å². The summed E-state index contributed by atoms with van der Waals surface area (Å²) < 4.78 is 14.1. The van der Waals surface area contributed by atoms with Crippen LogP contribution in [0.1, 0.15) is 24.5 Å². The van der Waals surface area contributed by atoms with E-state index in [2.05, 4.69) is 28.3 Å². The van der Waals surface area contributed by atoms with Crippen molar-refractivity contribution in [2.24, 2.45) is 0 Å². The van der Waals surface area contributed by atoms with Gasteiger partial charge in [0.25, 0.3) is 11.0 Å². The maximum atomic E-state index is 12.7. The molecular formula is C25H27BN3O4S+. The Morgan fingerprint density at radius 3 is 2.76 bits per heavy atom. The number of aromatic nitrogens is 2. The van der Waals surface area contributed by atoms with E-state index in [4.69, 9.17) is 9.15 Å². The highest BCUT2D eigenvalue weighted by Crippen LogP contribution is 2.23. The Kier molecular flexibility index (Phi) is 7.42. The molecule has 7 nitrogen and oxygen atoms in total. The molecule has 174 valence electrons. The Bertz CT molecular complexity index is 1410. The molecule has 0 aliphatic rings. The summed E-state index contributed by atoms with van der Waals surface area (Å²) in [7, 11) is 1.77. The van der Waals surface area contributed by atoms with Crippen LogP contribution in [0.3, 0.4) is 0 Å². The summed E-state index contributed by atoms with van der Waals surface area (Å²) in [5, 5.41) is 0.923. The zero-order chi connectivity index (χ0) is 24.1. The van der Waals surface area contributed by atoms with Crippen LogP contribution in [0.15, 0.2) is 51.7 Å². The minimum absolute atomic E-state index is 0.223. The van der Waals surface area contributed by atoms with E-state index in [1.807, 2.05) is 48.5 Å². The highest BCUT2D eigenvalue weighted by atomic mass is 32.1. The van der Waals surface area contributed by atoms with Gasteiger partial charge in [0.15, 0.2) is 18.7 Å². The second-order valence-corrected chi connectivity index (χ2v) is 8.74. The lowest BCUT2D eigenvalue weighted by atomic mass is 10.1. The number of benzene rings is 2. The lowest BCUT2D eigenvalue weighted by molar-refractivity contribution is -0.669. The summed E-state index contributed by atoms with van der Waals surface area (Å²) in [6.45, 7) is 6.71. The fourth-order valence-electron chi connectivity index (χ4n) is 3.81. The quantitative estimate of drug-likeness (QED) is 0.210. The number of hydrogen-bond donors (Lipinski definition) is 0. The molecule has 4 rings (SSSR count). The second kappa shape index (κ2) is 10.6. The van der Waals surface area contributed by atoms with Crippen LogP contribution in [0, 0.1) is 0 Å². The molecule has 0 saturated carbocycles. The number of carbonyl (C=O) groups excluding carboxylic acids is 1. The number of anilines is 1. The molecule has 0 bridgehead atoms. The van der Waals surface area contributed by atoms with Gasteiger partial charge < -0.3 is 14.1 Å². The first kappa shape index (κ1) is 23.7. The summed E-state index contributed by atoms with van der Waals surface area (Å²) >= 11 is 1.60.